The highest BCUT2D eigenvalue weighted by atomic mass is 79.9. The van der Waals surface area contributed by atoms with Crippen molar-refractivity contribution in [3.8, 4) is 0 Å². The van der Waals surface area contributed by atoms with Crippen LogP contribution in [0.3, 0.4) is 0 Å². The number of carbonyl (C=O) groups excluding carboxylic acids is 1. The van der Waals surface area contributed by atoms with Gasteiger partial charge in [0.1, 0.15) is 6.61 Å². The molecule has 0 atom stereocenters. The van der Waals surface area contributed by atoms with E-state index in [9.17, 15) is 13.6 Å². The average molecular weight is 405 g/mol. The second-order valence-corrected chi connectivity index (χ2v) is 6.07. The molecule has 0 saturated heterocycles. The van der Waals surface area contributed by atoms with Gasteiger partial charge < -0.3 is 10.1 Å². The molecule has 1 amide bonds. The second-order valence-electron chi connectivity index (χ2n) is 4.74. The van der Waals surface area contributed by atoms with Gasteiger partial charge in [0.15, 0.2) is 0 Å². The molecule has 1 N–H and O–H groups in total. The van der Waals surface area contributed by atoms with Crippen molar-refractivity contribution in [3.63, 3.8) is 0 Å². The summed E-state index contributed by atoms with van der Waals surface area (Å²) in [5.74, 6) is -3.30. The van der Waals surface area contributed by atoms with Gasteiger partial charge in [-0.3, -0.25) is 0 Å². The fraction of sp³-hybridized carbons (Fsp3) is 0.188. The van der Waals surface area contributed by atoms with E-state index in [4.69, 9.17) is 16.3 Å². The Morgan fingerprint density at radius 2 is 1.91 bits per heavy atom. The SMILES string of the molecule is O=C(NCC(F)(F)c1ccc(Br)cc1Cl)OCc1ccccc1. The Kier molecular flexibility index (Phi) is 5.96. The third kappa shape index (κ3) is 5.18. The molecule has 0 saturated carbocycles. The lowest BCUT2D eigenvalue weighted by Gasteiger charge is -2.18. The van der Waals surface area contributed by atoms with Crippen LogP contribution in [0.4, 0.5) is 13.6 Å². The summed E-state index contributed by atoms with van der Waals surface area (Å²) < 4.78 is 33.7. The smallest absolute Gasteiger partial charge is 0.407 e. The van der Waals surface area contributed by atoms with Gasteiger partial charge in [0.25, 0.3) is 5.92 Å². The summed E-state index contributed by atoms with van der Waals surface area (Å²) >= 11 is 8.97. The molecule has 23 heavy (non-hydrogen) atoms. The maximum Gasteiger partial charge on any atom is 0.407 e. The van der Waals surface area contributed by atoms with E-state index in [2.05, 4.69) is 21.2 Å². The molecule has 2 aromatic carbocycles. The topological polar surface area (TPSA) is 38.3 Å². The number of nitrogens with one attached hydrogen (secondary N) is 1. The van der Waals surface area contributed by atoms with Crippen LogP contribution in [-0.4, -0.2) is 12.6 Å². The number of alkyl halides is 2. The van der Waals surface area contributed by atoms with Crippen molar-refractivity contribution in [1.82, 2.24) is 5.32 Å². The number of benzene rings is 2. The van der Waals surface area contributed by atoms with Crippen LogP contribution in [0.15, 0.2) is 53.0 Å². The van der Waals surface area contributed by atoms with Gasteiger partial charge in [0.05, 0.1) is 11.6 Å². The molecule has 0 bridgehead atoms. The van der Waals surface area contributed by atoms with Crippen LogP contribution in [0.25, 0.3) is 0 Å². The Balaban J connectivity index is 1.89. The molecule has 3 nitrogen and oxygen atoms in total. The molecule has 0 unspecified atom stereocenters. The maximum atomic E-state index is 14.1. The highest BCUT2D eigenvalue weighted by Gasteiger charge is 2.34. The van der Waals surface area contributed by atoms with E-state index in [-0.39, 0.29) is 17.2 Å². The van der Waals surface area contributed by atoms with Crippen LogP contribution in [0, 0.1) is 0 Å². The van der Waals surface area contributed by atoms with Gasteiger partial charge in [-0.2, -0.15) is 8.78 Å². The molecule has 0 heterocycles. The molecule has 0 spiro atoms. The number of carbonyl (C=O) groups is 1. The molecule has 0 radical (unpaired) electrons. The summed E-state index contributed by atoms with van der Waals surface area (Å²) in [5.41, 5.74) is 0.413. The maximum absolute atomic E-state index is 14.1. The zero-order valence-electron chi connectivity index (χ0n) is 11.9. The van der Waals surface area contributed by atoms with E-state index in [1.807, 2.05) is 6.07 Å². The van der Waals surface area contributed by atoms with Crippen LogP contribution in [0.5, 0.6) is 0 Å². The van der Waals surface area contributed by atoms with Crippen molar-refractivity contribution in [2.45, 2.75) is 12.5 Å². The molecular weight excluding hydrogens is 392 g/mol. The van der Waals surface area contributed by atoms with E-state index in [0.717, 1.165) is 5.56 Å². The van der Waals surface area contributed by atoms with Crippen LogP contribution >= 0.6 is 27.5 Å². The quantitative estimate of drug-likeness (QED) is 0.751. The molecular formula is C16H13BrClF2NO2. The summed E-state index contributed by atoms with van der Waals surface area (Å²) in [4.78, 5) is 11.5. The molecule has 0 fully saturated rings. The summed E-state index contributed by atoms with van der Waals surface area (Å²) in [6.07, 6.45) is -0.915. The summed E-state index contributed by atoms with van der Waals surface area (Å²) in [5, 5.41) is 1.97. The van der Waals surface area contributed by atoms with Gasteiger partial charge in [-0.15, -0.1) is 0 Å². The number of hydrogen-bond donors (Lipinski definition) is 1. The number of halogens is 4. The third-order valence-electron chi connectivity index (χ3n) is 2.99. The van der Waals surface area contributed by atoms with Gasteiger partial charge in [-0.1, -0.05) is 63.9 Å². The largest absolute Gasteiger partial charge is 0.445 e. The molecule has 0 aromatic heterocycles. The molecule has 0 aliphatic rings. The van der Waals surface area contributed by atoms with Crippen LogP contribution in [-0.2, 0) is 17.3 Å². The molecule has 7 heteroatoms. The minimum absolute atomic E-state index is 0.0112. The zero-order chi connectivity index (χ0) is 16.9. The average Bonchev–Trinajstić information content (AvgIpc) is 2.51. The molecule has 0 aliphatic carbocycles. The molecule has 2 aromatic rings. The van der Waals surface area contributed by atoms with Gasteiger partial charge in [-0.25, -0.2) is 4.79 Å². The lowest BCUT2D eigenvalue weighted by Crippen LogP contribution is -2.35. The van der Waals surface area contributed by atoms with Crippen molar-refractivity contribution in [3.05, 3.63) is 69.2 Å². The first kappa shape index (κ1) is 17.7. The molecule has 122 valence electrons. The minimum atomic E-state index is -3.30. The lowest BCUT2D eigenvalue weighted by molar-refractivity contribution is -0.00368. The van der Waals surface area contributed by atoms with Gasteiger partial charge in [-0.05, 0) is 17.7 Å². The molecule has 2 rings (SSSR count). The first-order chi connectivity index (χ1) is 10.9. The van der Waals surface area contributed by atoms with Crippen molar-refractivity contribution in [1.29, 1.82) is 0 Å². The van der Waals surface area contributed by atoms with E-state index in [0.29, 0.717) is 4.47 Å². The number of ether oxygens (including phenoxy) is 1. The van der Waals surface area contributed by atoms with Crippen molar-refractivity contribution >= 4 is 33.6 Å². The number of rotatable bonds is 5. The summed E-state index contributed by atoms with van der Waals surface area (Å²) in [6, 6.07) is 13.0. The van der Waals surface area contributed by atoms with Gasteiger partial charge in [0.2, 0.25) is 0 Å². The Labute approximate surface area is 145 Å². The number of hydrogen-bond acceptors (Lipinski definition) is 2. The van der Waals surface area contributed by atoms with Crippen LogP contribution in [0.2, 0.25) is 5.02 Å². The standard InChI is InChI=1S/C16H13BrClF2NO2/c17-12-6-7-13(14(18)8-12)16(19,20)10-21-15(22)23-9-11-4-2-1-3-5-11/h1-8H,9-10H2,(H,21,22). The van der Waals surface area contributed by atoms with E-state index < -0.39 is 18.6 Å². The lowest BCUT2D eigenvalue weighted by atomic mass is 10.1. The first-order valence-corrected chi connectivity index (χ1v) is 7.83. The molecule has 0 aliphatic heterocycles. The number of alkyl carbamates (subject to hydrolysis) is 1. The van der Waals surface area contributed by atoms with Crippen molar-refractivity contribution in [2.75, 3.05) is 6.54 Å². The Hall–Kier alpha value is -1.66. The fourth-order valence-electron chi connectivity index (χ4n) is 1.84. The summed E-state index contributed by atoms with van der Waals surface area (Å²) in [6.45, 7) is -0.890. The predicted octanol–water partition coefficient (Wildman–Crippen LogP) is 5.12. The first-order valence-electron chi connectivity index (χ1n) is 6.66. The Morgan fingerprint density at radius 3 is 2.57 bits per heavy atom. The van der Waals surface area contributed by atoms with E-state index in [1.54, 1.807) is 24.3 Å². The second kappa shape index (κ2) is 7.75. The summed E-state index contributed by atoms with van der Waals surface area (Å²) in [7, 11) is 0. The normalized spacial score (nSPS) is 11.1. The zero-order valence-corrected chi connectivity index (χ0v) is 14.2. The predicted molar refractivity (Wildman–Crippen MR) is 87.7 cm³/mol. The van der Waals surface area contributed by atoms with Crippen molar-refractivity contribution in [2.24, 2.45) is 0 Å². The monoisotopic (exact) mass is 403 g/mol. The van der Waals surface area contributed by atoms with Gasteiger partial charge >= 0.3 is 6.09 Å². The van der Waals surface area contributed by atoms with E-state index in [1.165, 1.54) is 18.2 Å². The van der Waals surface area contributed by atoms with Crippen LogP contribution < -0.4 is 5.32 Å². The minimum Gasteiger partial charge on any atom is -0.445 e. The fourth-order valence-corrected chi connectivity index (χ4v) is 2.65. The highest BCUT2D eigenvalue weighted by Crippen LogP contribution is 2.34. The van der Waals surface area contributed by atoms with E-state index >= 15 is 0 Å². The Bertz CT molecular complexity index is 683. The highest BCUT2D eigenvalue weighted by molar-refractivity contribution is 9.10. The third-order valence-corrected chi connectivity index (χ3v) is 3.80. The Morgan fingerprint density at radius 1 is 1.22 bits per heavy atom. The van der Waals surface area contributed by atoms with Crippen molar-refractivity contribution < 1.29 is 18.3 Å². The number of amides is 1. The van der Waals surface area contributed by atoms with Crippen LogP contribution in [0.1, 0.15) is 11.1 Å². The van der Waals surface area contributed by atoms with Gasteiger partial charge in [0, 0.05) is 10.0 Å².